The van der Waals surface area contributed by atoms with Crippen LogP contribution >= 0.6 is 23.2 Å². The van der Waals surface area contributed by atoms with E-state index in [4.69, 9.17) is 27.9 Å². The smallest absolute Gasteiger partial charge is 0.272 e. The summed E-state index contributed by atoms with van der Waals surface area (Å²) in [5, 5.41) is 11.3. The summed E-state index contributed by atoms with van der Waals surface area (Å²) in [7, 11) is 0. The van der Waals surface area contributed by atoms with Crippen LogP contribution in [0.5, 0.6) is 0 Å². The van der Waals surface area contributed by atoms with E-state index in [1.165, 1.54) is 12.1 Å². The predicted octanol–water partition coefficient (Wildman–Crippen LogP) is 3.52. The first-order valence-corrected chi connectivity index (χ1v) is 6.68. The van der Waals surface area contributed by atoms with Crippen LogP contribution in [-0.2, 0) is 4.74 Å². The van der Waals surface area contributed by atoms with Gasteiger partial charge < -0.3 is 9.64 Å². The number of hydrogen-bond donors (Lipinski definition) is 0. The Bertz CT molecular complexity index is 477. The van der Waals surface area contributed by atoms with Crippen LogP contribution in [0.25, 0.3) is 0 Å². The maximum Gasteiger partial charge on any atom is 0.272 e. The van der Waals surface area contributed by atoms with E-state index in [1.54, 1.807) is 0 Å². The van der Waals surface area contributed by atoms with Gasteiger partial charge in [-0.05, 0) is 13.8 Å². The molecular weight excluding hydrogens is 291 g/mol. The van der Waals surface area contributed by atoms with Gasteiger partial charge >= 0.3 is 0 Å². The highest BCUT2D eigenvalue weighted by molar-refractivity contribution is 6.39. The van der Waals surface area contributed by atoms with Crippen molar-refractivity contribution in [1.82, 2.24) is 0 Å². The summed E-state index contributed by atoms with van der Waals surface area (Å²) in [6.07, 6.45) is 0.122. The van der Waals surface area contributed by atoms with Crippen LogP contribution < -0.4 is 4.90 Å². The first kappa shape index (κ1) is 14.4. The van der Waals surface area contributed by atoms with Gasteiger partial charge in [-0.15, -0.1) is 0 Å². The normalized spacial score (nSPS) is 23.5. The second-order valence-corrected chi connectivity index (χ2v) is 5.49. The summed E-state index contributed by atoms with van der Waals surface area (Å²) in [5.74, 6) is 0. The lowest BCUT2D eigenvalue weighted by atomic mass is 10.2. The Kier molecular flexibility index (Phi) is 4.18. The molecule has 0 spiro atoms. The van der Waals surface area contributed by atoms with Crippen molar-refractivity contribution in [1.29, 1.82) is 0 Å². The number of nitro groups is 1. The second kappa shape index (κ2) is 5.53. The number of benzene rings is 1. The summed E-state index contributed by atoms with van der Waals surface area (Å²) in [4.78, 5) is 12.3. The molecule has 0 bridgehead atoms. The molecule has 19 heavy (non-hydrogen) atoms. The van der Waals surface area contributed by atoms with Crippen LogP contribution in [0.2, 0.25) is 10.0 Å². The number of hydrogen-bond acceptors (Lipinski definition) is 4. The zero-order valence-corrected chi connectivity index (χ0v) is 12.1. The van der Waals surface area contributed by atoms with E-state index < -0.39 is 4.92 Å². The molecule has 104 valence electrons. The minimum atomic E-state index is -0.508. The summed E-state index contributed by atoms with van der Waals surface area (Å²) >= 11 is 12.3. The Morgan fingerprint density at radius 3 is 2.16 bits per heavy atom. The standard InChI is InChI=1S/C12H14Cl2N2O3/c1-7-5-15(6-8(2)19-7)12-10(13)3-9(16(17)18)4-11(12)14/h3-4,7-8H,5-6H2,1-2H3/t7-,8-/m0/s1. The summed E-state index contributed by atoms with van der Waals surface area (Å²) in [6, 6.07) is 2.65. The third kappa shape index (κ3) is 3.11. The van der Waals surface area contributed by atoms with Gasteiger partial charge in [0.15, 0.2) is 0 Å². The SMILES string of the molecule is C[C@H]1CN(c2c(Cl)cc([N+](=O)[O-])cc2Cl)C[C@H](C)O1. The molecule has 1 aromatic rings. The summed E-state index contributed by atoms with van der Waals surface area (Å²) in [5.41, 5.74) is 0.532. The Morgan fingerprint density at radius 1 is 1.26 bits per heavy atom. The highest BCUT2D eigenvalue weighted by atomic mass is 35.5. The van der Waals surface area contributed by atoms with Gasteiger partial charge in [0.1, 0.15) is 0 Å². The van der Waals surface area contributed by atoms with E-state index in [-0.39, 0.29) is 17.9 Å². The van der Waals surface area contributed by atoms with Gasteiger partial charge in [-0.2, -0.15) is 0 Å². The fourth-order valence-corrected chi connectivity index (χ4v) is 3.03. The average Bonchev–Trinajstić information content (AvgIpc) is 2.26. The molecule has 7 heteroatoms. The number of morpholine rings is 1. The minimum Gasteiger partial charge on any atom is -0.372 e. The quantitative estimate of drug-likeness (QED) is 0.619. The molecule has 1 aromatic carbocycles. The first-order chi connectivity index (χ1) is 8.88. The fourth-order valence-electron chi connectivity index (χ4n) is 2.32. The van der Waals surface area contributed by atoms with Crippen molar-refractivity contribution in [3.63, 3.8) is 0 Å². The van der Waals surface area contributed by atoms with Crippen molar-refractivity contribution in [3.8, 4) is 0 Å². The van der Waals surface area contributed by atoms with Gasteiger partial charge in [0.2, 0.25) is 0 Å². The molecule has 1 aliphatic rings. The van der Waals surface area contributed by atoms with Crippen LogP contribution in [-0.4, -0.2) is 30.2 Å². The van der Waals surface area contributed by atoms with Crippen LogP contribution in [0, 0.1) is 10.1 Å². The molecule has 1 saturated heterocycles. The van der Waals surface area contributed by atoms with E-state index in [2.05, 4.69) is 0 Å². The van der Waals surface area contributed by atoms with E-state index in [0.717, 1.165) is 0 Å². The van der Waals surface area contributed by atoms with Crippen molar-refractivity contribution in [3.05, 3.63) is 32.3 Å². The van der Waals surface area contributed by atoms with Crippen molar-refractivity contribution < 1.29 is 9.66 Å². The Morgan fingerprint density at radius 2 is 1.74 bits per heavy atom. The van der Waals surface area contributed by atoms with Gasteiger partial charge in [-0.1, -0.05) is 23.2 Å². The Hall–Kier alpha value is -1.04. The number of anilines is 1. The van der Waals surface area contributed by atoms with Crippen LogP contribution in [0.1, 0.15) is 13.8 Å². The van der Waals surface area contributed by atoms with Crippen LogP contribution in [0.4, 0.5) is 11.4 Å². The topological polar surface area (TPSA) is 55.6 Å². The maximum atomic E-state index is 10.8. The summed E-state index contributed by atoms with van der Waals surface area (Å²) < 4.78 is 5.64. The third-order valence-corrected chi connectivity index (χ3v) is 3.52. The number of non-ortho nitro benzene ring substituents is 1. The molecule has 1 heterocycles. The van der Waals surface area contributed by atoms with Crippen molar-refractivity contribution in [2.24, 2.45) is 0 Å². The van der Waals surface area contributed by atoms with E-state index >= 15 is 0 Å². The number of nitrogens with zero attached hydrogens (tertiary/aromatic N) is 2. The zero-order chi connectivity index (χ0) is 14.2. The van der Waals surface area contributed by atoms with Gasteiger partial charge in [0.05, 0.1) is 32.9 Å². The number of nitro benzene ring substituents is 1. The van der Waals surface area contributed by atoms with Crippen molar-refractivity contribution in [2.45, 2.75) is 26.1 Å². The molecule has 0 N–H and O–H groups in total. The fraction of sp³-hybridized carbons (Fsp3) is 0.500. The lowest BCUT2D eigenvalue weighted by Gasteiger charge is -2.37. The van der Waals surface area contributed by atoms with E-state index in [1.807, 2.05) is 18.7 Å². The highest BCUT2D eigenvalue weighted by Crippen LogP contribution is 2.38. The minimum absolute atomic E-state index is 0.0612. The molecule has 1 aliphatic heterocycles. The van der Waals surface area contributed by atoms with Gasteiger partial charge in [-0.25, -0.2) is 0 Å². The monoisotopic (exact) mass is 304 g/mol. The third-order valence-electron chi connectivity index (χ3n) is 2.95. The Labute approximate surface area is 121 Å². The molecule has 0 unspecified atom stereocenters. The number of rotatable bonds is 2. The van der Waals surface area contributed by atoms with E-state index in [9.17, 15) is 10.1 Å². The zero-order valence-electron chi connectivity index (χ0n) is 10.6. The lowest BCUT2D eigenvalue weighted by Crippen LogP contribution is -2.45. The molecule has 5 nitrogen and oxygen atoms in total. The molecule has 1 fully saturated rings. The average molecular weight is 305 g/mol. The molecular formula is C12H14Cl2N2O3. The number of ether oxygens (including phenoxy) is 1. The van der Waals surface area contributed by atoms with Crippen molar-refractivity contribution >= 4 is 34.6 Å². The highest BCUT2D eigenvalue weighted by Gasteiger charge is 2.26. The molecule has 0 aromatic heterocycles. The molecule has 0 aliphatic carbocycles. The van der Waals surface area contributed by atoms with Gasteiger partial charge in [0.25, 0.3) is 5.69 Å². The van der Waals surface area contributed by atoms with Gasteiger partial charge in [0, 0.05) is 25.2 Å². The first-order valence-electron chi connectivity index (χ1n) is 5.92. The lowest BCUT2D eigenvalue weighted by molar-refractivity contribution is -0.384. The Balaban J connectivity index is 2.37. The van der Waals surface area contributed by atoms with E-state index in [0.29, 0.717) is 28.8 Å². The van der Waals surface area contributed by atoms with Gasteiger partial charge in [-0.3, -0.25) is 10.1 Å². The molecule has 2 rings (SSSR count). The molecule has 2 atom stereocenters. The van der Waals surface area contributed by atoms with Crippen molar-refractivity contribution in [2.75, 3.05) is 18.0 Å². The van der Waals surface area contributed by atoms with Crippen LogP contribution in [0.15, 0.2) is 12.1 Å². The molecule has 0 saturated carbocycles. The maximum absolute atomic E-state index is 10.8. The predicted molar refractivity (Wildman–Crippen MR) is 75.3 cm³/mol. The largest absolute Gasteiger partial charge is 0.372 e. The summed E-state index contributed by atoms with van der Waals surface area (Å²) in [6.45, 7) is 5.24. The number of halogens is 2. The molecule has 0 radical (unpaired) electrons. The second-order valence-electron chi connectivity index (χ2n) is 4.68. The molecule has 0 amide bonds. The van der Waals surface area contributed by atoms with Crippen LogP contribution in [0.3, 0.4) is 0 Å².